The number of halogens is 3. The topological polar surface area (TPSA) is 84.9 Å². The van der Waals surface area contributed by atoms with Crippen molar-refractivity contribution in [3.8, 4) is 11.5 Å². The molecule has 1 heterocycles. The lowest BCUT2D eigenvalue weighted by molar-refractivity contribution is -0.122. The van der Waals surface area contributed by atoms with Crippen LogP contribution in [0, 0.1) is 12.7 Å². The molecule has 1 saturated heterocycles. The van der Waals surface area contributed by atoms with Gasteiger partial charge in [0.1, 0.15) is 18.0 Å². The van der Waals surface area contributed by atoms with Gasteiger partial charge in [-0.3, -0.25) is 14.9 Å². The van der Waals surface area contributed by atoms with Crippen LogP contribution in [0.5, 0.6) is 11.5 Å². The van der Waals surface area contributed by atoms with Crippen LogP contribution >= 0.6 is 27.5 Å². The van der Waals surface area contributed by atoms with Gasteiger partial charge in [0.2, 0.25) is 0 Å². The van der Waals surface area contributed by atoms with E-state index in [2.05, 4.69) is 21.2 Å². The van der Waals surface area contributed by atoms with Gasteiger partial charge in [0.15, 0.2) is 11.5 Å². The van der Waals surface area contributed by atoms with E-state index >= 15 is 0 Å². The minimum absolute atomic E-state index is 0.0426. The van der Waals surface area contributed by atoms with Crippen molar-refractivity contribution in [2.45, 2.75) is 13.5 Å². The summed E-state index contributed by atoms with van der Waals surface area (Å²) in [6, 6.07) is 13.3. The Morgan fingerprint density at radius 2 is 1.86 bits per heavy atom. The van der Waals surface area contributed by atoms with Crippen molar-refractivity contribution in [1.29, 1.82) is 0 Å². The second-order valence-corrected chi connectivity index (χ2v) is 9.02. The number of anilines is 1. The average molecular weight is 574 g/mol. The summed E-state index contributed by atoms with van der Waals surface area (Å²) in [6.45, 7) is 1.62. The van der Waals surface area contributed by atoms with E-state index in [-0.39, 0.29) is 23.6 Å². The summed E-state index contributed by atoms with van der Waals surface area (Å²) in [4.78, 5) is 39.2. The molecule has 0 aliphatic carbocycles. The number of methoxy groups -OCH3 is 1. The zero-order valence-corrected chi connectivity index (χ0v) is 21.4. The highest BCUT2D eigenvalue weighted by molar-refractivity contribution is 9.10. The van der Waals surface area contributed by atoms with Gasteiger partial charge in [-0.2, -0.15) is 0 Å². The molecule has 1 aliphatic rings. The Morgan fingerprint density at radius 3 is 2.58 bits per heavy atom. The van der Waals surface area contributed by atoms with Gasteiger partial charge in [-0.15, -0.1) is 0 Å². The summed E-state index contributed by atoms with van der Waals surface area (Å²) in [7, 11) is 1.43. The second kappa shape index (κ2) is 10.5. The quantitative estimate of drug-likeness (QED) is 0.297. The number of nitrogens with one attached hydrogen (secondary N) is 1. The molecule has 1 fully saturated rings. The predicted octanol–water partition coefficient (Wildman–Crippen LogP) is 5.80. The van der Waals surface area contributed by atoms with Crippen LogP contribution < -0.4 is 19.7 Å². The minimum atomic E-state index is -0.872. The maximum absolute atomic E-state index is 14.0. The number of amides is 4. The molecule has 3 aromatic rings. The number of rotatable bonds is 6. The lowest BCUT2D eigenvalue weighted by atomic mass is 10.1. The molecule has 0 radical (unpaired) electrons. The highest BCUT2D eigenvalue weighted by Gasteiger charge is 2.37. The number of barbiturate groups is 1. The van der Waals surface area contributed by atoms with Gasteiger partial charge < -0.3 is 9.47 Å². The molecule has 0 saturated carbocycles. The molecule has 4 rings (SSSR count). The minimum Gasteiger partial charge on any atom is -0.493 e. The molecule has 0 atom stereocenters. The van der Waals surface area contributed by atoms with Gasteiger partial charge in [0.25, 0.3) is 11.8 Å². The number of carbonyl (C=O) groups is 3. The smallest absolute Gasteiger partial charge is 0.335 e. The van der Waals surface area contributed by atoms with Crippen LogP contribution in [0.2, 0.25) is 5.02 Å². The molecule has 4 amide bonds. The number of carbonyl (C=O) groups excluding carboxylic acids is 3. The number of hydrogen-bond donors (Lipinski definition) is 1. The van der Waals surface area contributed by atoms with Gasteiger partial charge >= 0.3 is 6.03 Å². The molecule has 184 valence electrons. The number of ether oxygens (including phenoxy) is 2. The first kappa shape index (κ1) is 25.4. The maximum Gasteiger partial charge on any atom is 0.335 e. The van der Waals surface area contributed by atoms with Crippen molar-refractivity contribution < 1.29 is 28.2 Å². The Hall–Kier alpha value is -3.69. The molecule has 0 unspecified atom stereocenters. The van der Waals surface area contributed by atoms with E-state index in [1.165, 1.54) is 19.3 Å². The lowest BCUT2D eigenvalue weighted by Gasteiger charge is -2.27. The van der Waals surface area contributed by atoms with E-state index in [9.17, 15) is 18.8 Å². The van der Waals surface area contributed by atoms with Crippen LogP contribution in [0.3, 0.4) is 0 Å². The molecule has 7 nitrogen and oxygen atoms in total. The van der Waals surface area contributed by atoms with Crippen molar-refractivity contribution in [1.82, 2.24) is 5.32 Å². The molecule has 1 aliphatic heterocycles. The molecular weight excluding hydrogens is 555 g/mol. The Labute approximate surface area is 219 Å². The number of imide groups is 2. The van der Waals surface area contributed by atoms with Crippen molar-refractivity contribution in [2.24, 2.45) is 0 Å². The van der Waals surface area contributed by atoms with Crippen LogP contribution in [-0.2, 0) is 16.2 Å². The third-order valence-electron chi connectivity index (χ3n) is 5.47. The second-order valence-electron chi connectivity index (χ2n) is 7.76. The van der Waals surface area contributed by atoms with E-state index in [0.717, 1.165) is 4.90 Å². The van der Waals surface area contributed by atoms with Crippen LogP contribution in [0.1, 0.15) is 16.7 Å². The predicted molar refractivity (Wildman–Crippen MR) is 137 cm³/mol. The summed E-state index contributed by atoms with van der Waals surface area (Å²) in [5, 5.41) is 2.56. The Kier molecular flexibility index (Phi) is 7.42. The van der Waals surface area contributed by atoms with Gasteiger partial charge in [-0.05, 0) is 70.4 Å². The van der Waals surface area contributed by atoms with E-state index < -0.39 is 23.7 Å². The molecule has 36 heavy (non-hydrogen) atoms. The van der Waals surface area contributed by atoms with Crippen LogP contribution in [0.15, 0.2) is 64.6 Å². The fourth-order valence-electron chi connectivity index (χ4n) is 3.61. The summed E-state index contributed by atoms with van der Waals surface area (Å²) < 4.78 is 25.6. The van der Waals surface area contributed by atoms with Crippen LogP contribution in [-0.4, -0.2) is 25.0 Å². The SMILES string of the molecule is COc1cc(/C=C2\C(=O)NC(=O)N(c3cccc(Cl)c3C)C2=O)cc(Br)c1OCc1ccccc1F. The van der Waals surface area contributed by atoms with Crippen molar-refractivity contribution in [3.63, 3.8) is 0 Å². The van der Waals surface area contributed by atoms with Gasteiger partial charge in [-0.25, -0.2) is 14.1 Å². The molecule has 3 aromatic carbocycles. The highest BCUT2D eigenvalue weighted by atomic mass is 79.9. The van der Waals surface area contributed by atoms with Gasteiger partial charge in [0.05, 0.1) is 17.3 Å². The third kappa shape index (κ3) is 4.98. The zero-order chi connectivity index (χ0) is 26.0. The highest BCUT2D eigenvalue weighted by Crippen LogP contribution is 2.38. The molecule has 10 heteroatoms. The van der Waals surface area contributed by atoms with Crippen molar-refractivity contribution >= 4 is 57.1 Å². The number of benzene rings is 3. The molecule has 0 aromatic heterocycles. The van der Waals surface area contributed by atoms with E-state index in [1.807, 2.05) is 0 Å². The van der Waals surface area contributed by atoms with E-state index in [4.69, 9.17) is 21.1 Å². The summed E-state index contributed by atoms with van der Waals surface area (Å²) in [5.74, 6) is -1.44. The largest absolute Gasteiger partial charge is 0.493 e. The van der Waals surface area contributed by atoms with E-state index in [0.29, 0.717) is 31.9 Å². The fourth-order valence-corrected chi connectivity index (χ4v) is 4.35. The molecular formula is C26H19BrClFN2O5. The molecule has 1 N–H and O–H groups in total. The normalized spacial score (nSPS) is 14.8. The van der Waals surface area contributed by atoms with Gasteiger partial charge in [-0.1, -0.05) is 35.9 Å². The molecule has 0 bridgehead atoms. The Bertz CT molecular complexity index is 1430. The average Bonchev–Trinajstić information content (AvgIpc) is 2.84. The number of urea groups is 1. The Balaban J connectivity index is 1.67. The lowest BCUT2D eigenvalue weighted by Crippen LogP contribution is -2.54. The Morgan fingerprint density at radius 1 is 1.11 bits per heavy atom. The van der Waals surface area contributed by atoms with Crippen LogP contribution in [0.4, 0.5) is 14.9 Å². The maximum atomic E-state index is 14.0. The number of nitrogens with zero attached hydrogens (tertiary/aromatic N) is 1. The first-order valence-electron chi connectivity index (χ1n) is 10.6. The summed E-state index contributed by atoms with van der Waals surface area (Å²) in [6.07, 6.45) is 1.34. The number of hydrogen-bond acceptors (Lipinski definition) is 5. The van der Waals surface area contributed by atoms with Crippen LogP contribution in [0.25, 0.3) is 6.08 Å². The zero-order valence-electron chi connectivity index (χ0n) is 19.1. The first-order valence-corrected chi connectivity index (χ1v) is 11.8. The molecule has 0 spiro atoms. The van der Waals surface area contributed by atoms with E-state index in [1.54, 1.807) is 55.5 Å². The first-order chi connectivity index (χ1) is 17.2. The third-order valence-corrected chi connectivity index (χ3v) is 6.47. The fraction of sp³-hybridized carbons (Fsp3) is 0.115. The standard InChI is InChI=1S/C26H19BrClFN2O5/c1-14-19(28)7-5-9-21(14)31-25(33)17(24(32)30-26(31)34)10-15-11-18(27)23(22(12-15)35-2)36-13-16-6-3-4-8-20(16)29/h3-12H,13H2,1-2H3,(H,30,32,34)/b17-10+. The summed E-state index contributed by atoms with van der Waals surface area (Å²) >= 11 is 9.57. The summed E-state index contributed by atoms with van der Waals surface area (Å²) in [5.41, 5.74) is 1.30. The van der Waals surface area contributed by atoms with Gasteiger partial charge in [0, 0.05) is 10.6 Å². The van der Waals surface area contributed by atoms with Crippen molar-refractivity contribution in [2.75, 3.05) is 12.0 Å². The van der Waals surface area contributed by atoms with Crippen molar-refractivity contribution in [3.05, 3.63) is 92.2 Å². The monoisotopic (exact) mass is 572 g/mol.